The third-order valence-electron chi connectivity index (χ3n) is 12.1. The molecule has 2 aromatic rings. The summed E-state index contributed by atoms with van der Waals surface area (Å²) in [6.45, 7) is 18.3. The Morgan fingerprint density at radius 1 is 0.677 bits per heavy atom. The fourth-order valence-electron chi connectivity index (χ4n) is 8.56. The van der Waals surface area contributed by atoms with Gasteiger partial charge in [0, 0.05) is 60.6 Å². The molecule has 1 amide bonds. The lowest BCUT2D eigenvalue weighted by molar-refractivity contribution is -0.442. The zero-order valence-electron chi connectivity index (χ0n) is 39.6. The molecule has 0 atom stereocenters. The molecule has 0 aromatic heterocycles. The number of fused-ring (bicyclic) bond motifs is 2. The number of hydrogen-bond acceptors (Lipinski definition) is 11. The summed E-state index contributed by atoms with van der Waals surface area (Å²) >= 11 is 0. The molecule has 0 unspecified atom stereocenters. The number of carbonyl (C=O) groups excluding carboxylic acids is 1. The van der Waals surface area contributed by atoms with Crippen LogP contribution in [0.5, 0.6) is 0 Å². The molecule has 1 aliphatic carbocycles. The number of benzene rings is 2. The van der Waals surface area contributed by atoms with Crippen molar-refractivity contribution in [1.29, 1.82) is 0 Å². The molecule has 0 radical (unpaired) electrons. The summed E-state index contributed by atoms with van der Waals surface area (Å²) in [6.07, 6.45) is 14.2. The van der Waals surface area contributed by atoms with E-state index in [1.165, 1.54) is 33.9 Å². The van der Waals surface area contributed by atoms with Crippen molar-refractivity contribution < 1.29 is 64.8 Å². The van der Waals surface area contributed by atoms with Crippen molar-refractivity contribution in [1.82, 2.24) is 5.32 Å². The Kier molecular flexibility index (Phi) is 24.4. The molecule has 2 aliphatic heterocycles. The second-order valence-electron chi connectivity index (χ2n) is 17.4. The highest BCUT2D eigenvalue weighted by Crippen LogP contribution is 2.47. The first-order valence-electron chi connectivity index (χ1n) is 23.3. The molecule has 362 valence electrons. The zero-order chi connectivity index (χ0) is 45.5. The molecule has 13 nitrogen and oxygen atoms in total. The maximum absolute atomic E-state index is 12.1. The maximum Gasteiger partial charge on any atom is 0.222 e. The minimum absolute atomic E-state index is 0. The van der Waals surface area contributed by atoms with Gasteiger partial charge in [-0.1, -0.05) is 68.5 Å². The van der Waals surface area contributed by atoms with E-state index in [1.807, 2.05) is 0 Å². The number of aliphatic hydroxyl groups is 1. The molecule has 2 aromatic carbocycles. The molecule has 0 spiro atoms. The third kappa shape index (κ3) is 17.0. The van der Waals surface area contributed by atoms with Gasteiger partial charge in [0.25, 0.3) is 0 Å². The lowest BCUT2D eigenvalue weighted by Crippen LogP contribution is -3.00. The van der Waals surface area contributed by atoms with E-state index in [4.69, 9.17) is 37.9 Å². The number of halogens is 1. The topological polar surface area (TPSA) is 129 Å². The molecule has 0 saturated heterocycles. The number of hydrogen-bond donors (Lipinski definition) is 2. The van der Waals surface area contributed by atoms with Crippen LogP contribution in [-0.4, -0.2) is 153 Å². The van der Waals surface area contributed by atoms with Crippen molar-refractivity contribution in [3.8, 4) is 0 Å². The van der Waals surface area contributed by atoms with Gasteiger partial charge in [0.1, 0.15) is 6.61 Å². The van der Waals surface area contributed by atoms with Gasteiger partial charge in [0.05, 0.1) is 104 Å². The lowest BCUT2D eigenvalue weighted by atomic mass is 9.81. The first kappa shape index (κ1) is 54.1. The van der Waals surface area contributed by atoms with Gasteiger partial charge in [0.2, 0.25) is 11.6 Å². The molecule has 0 bridgehead atoms. The number of nitrogens with one attached hydrogen (secondary N) is 1. The Morgan fingerprint density at radius 2 is 1.22 bits per heavy atom. The second kappa shape index (κ2) is 29.3. The molecule has 2 heterocycles. The monoisotopic (exact) mass is 926 g/mol. The van der Waals surface area contributed by atoms with Crippen LogP contribution in [0.25, 0.3) is 0 Å². The summed E-state index contributed by atoms with van der Waals surface area (Å²) in [7, 11) is 1.66. The van der Waals surface area contributed by atoms with Gasteiger partial charge in [-0.3, -0.25) is 4.79 Å². The number of nitrogens with zero attached hydrogens (tertiary/aromatic N) is 2. The summed E-state index contributed by atoms with van der Waals surface area (Å²) in [6, 6.07) is 17.5. The van der Waals surface area contributed by atoms with Gasteiger partial charge in [-0.05, 0) is 57.2 Å². The number of carbonyl (C=O) groups is 1. The number of ether oxygens (including phenoxy) is 8. The predicted molar refractivity (Wildman–Crippen MR) is 251 cm³/mol. The number of allylic oxidation sites excluding steroid dienone is 6. The Bertz CT molecular complexity index is 1820. The van der Waals surface area contributed by atoms with Crippen molar-refractivity contribution in [2.75, 3.05) is 124 Å². The van der Waals surface area contributed by atoms with Crippen molar-refractivity contribution in [3.05, 3.63) is 95.7 Å². The van der Waals surface area contributed by atoms with E-state index in [9.17, 15) is 9.90 Å². The maximum atomic E-state index is 12.1. The van der Waals surface area contributed by atoms with Gasteiger partial charge >= 0.3 is 0 Å². The molecule has 2 N–H and O–H groups in total. The van der Waals surface area contributed by atoms with Crippen LogP contribution < -0.4 is 22.6 Å². The van der Waals surface area contributed by atoms with Crippen LogP contribution in [0.4, 0.5) is 11.4 Å². The van der Waals surface area contributed by atoms with E-state index >= 15 is 0 Å². The smallest absolute Gasteiger partial charge is 0.222 e. The zero-order valence-corrected chi connectivity index (χ0v) is 40.4. The molecule has 1 fully saturated rings. The molecular formula is C51H76ClN3O10. The van der Waals surface area contributed by atoms with Crippen molar-refractivity contribution >= 4 is 23.0 Å². The van der Waals surface area contributed by atoms with E-state index in [0.717, 1.165) is 38.8 Å². The van der Waals surface area contributed by atoms with E-state index in [2.05, 4.69) is 121 Å². The summed E-state index contributed by atoms with van der Waals surface area (Å²) < 4.78 is 47.4. The number of methoxy groups -OCH3 is 1. The predicted octanol–water partition coefficient (Wildman–Crippen LogP) is 3.43. The summed E-state index contributed by atoms with van der Waals surface area (Å²) in [5, 5.41) is 12.7. The van der Waals surface area contributed by atoms with E-state index in [1.54, 1.807) is 7.11 Å². The Morgan fingerprint density at radius 3 is 1.85 bits per heavy atom. The van der Waals surface area contributed by atoms with E-state index in [0.29, 0.717) is 106 Å². The molecule has 65 heavy (non-hydrogen) atoms. The van der Waals surface area contributed by atoms with Crippen LogP contribution in [0.1, 0.15) is 70.9 Å². The quantitative estimate of drug-likeness (QED) is 0.0657. The van der Waals surface area contributed by atoms with Crippen molar-refractivity contribution in [2.24, 2.45) is 0 Å². The molecule has 3 aliphatic rings. The van der Waals surface area contributed by atoms with Gasteiger partial charge in [-0.15, -0.1) is 0 Å². The minimum Gasteiger partial charge on any atom is -1.00 e. The highest BCUT2D eigenvalue weighted by Gasteiger charge is 2.44. The van der Waals surface area contributed by atoms with E-state index < -0.39 is 0 Å². The first-order chi connectivity index (χ1) is 31.1. The molecule has 14 heteroatoms. The van der Waals surface area contributed by atoms with E-state index in [-0.39, 0.29) is 41.3 Å². The summed E-state index contributed by atoms with van der Waals surface area (Å²) in [4.78, 5) is 14.5. The largest absolute Gasteiger partial charge is 1.00 e. The Balaban J connectivity index is 0.00000925. The summed E-state index contributed by atoms with van der Waals surface area (Å²) in [5.74, 6) is -0.00286. The fraction of sp³-hybridized carbons (Fsp3) is 0.608. The SMILES string of the molecule is COCCOCCOCCOCC[N+]1=C(/C=C/C=C/C=C2N(CCOCCOCCOCCOCCC(=O)NC3CCC(O)CC3)c3ccccc3C2(C)C)C(C)(C)c2ccccc21.[Cl-]. The molecular weight excluding hydrogens is 850 g/mol. The fourth-order valence-corrected chi connectivity index (χ4v) is 8.56. The molecule has 1 saturated carbocycles. The number of amides is 1. The third-order valence-corrected chi connectivity index (χ3v) is 12.1. The average Bonchev–Trinajstić information content (AvgIpc) is 3.64. The normalized spacial score (nSPS) is 19.4. The van der Waals surface area contributed by atoms with Gasteiger partial charge in [0.15, 0.2) is 12.3 Å². The number of para-hydroxylation sites is 2. The van der Waals surface area contributed by atoms with Crippen LogP contribution in [0.2, 0.25) is 0 Å². The Hall–Kier alpha value is -3.47. The Labute approximate surface area is 394 Å². The second-order valence-corrected chi connectivity index (χ2v) is 17.4. The highest BCUT2D eigenvalue weighted by atomic mass is 35.5. The summed E-state index contributed by atoms with van der Waals surface area (Å²) in [5.41, 5.74) is 7.19. The lowest BCUT2D eigenvalue weighted by Gasteiger charge is -2.27. The van der Waals surface area contributed by atoms with Gasteiger partial charge in [-0.25, -0.2) is 0 Å². The first-order valence-corrected chi connectivity index (χ1v) is 23.3. The van der Waals surface area contributed by atoms with Crippen LogP contribution in [-0.2, 0) is 53.5 Å². The standard InChI is InChI=1S/C51H75N3O10.ClH/c1-50(2)43-13-9-11-15-45(43)53(24-27-59-32-35-63-38-37-61-30-29-57-5)47(50)17-7-6-8-18-48-51(3,4)44-14-10-12-16-46(44)54(48)25-28-60-33-36-64-40-39-62-34-31-58-26-23-49(56)52-41-19-21-42(55)22-20-41;/h6-18,41-42,55H,19-40H2,1-5H3;1H. The number of anilines is 1. The van der Waals surface area contributed by atoms with Crippen molar-refractivity contribution in [2.45, 2.75) is 82.8 Å². The van der Waals surface area contributed by atoms with Crippen LogP contribution >= 0.6 is 0 Å². The van der Waals surface area contributed by atoms with Crippen LogP contribution in [0.15, 0.2) is 84.6 Å². The highest BCUT2D eigenvalue weighted by molar-refractivity contribution is 6.03. The molecule has 5 rings (SSSR count). The number of aliphatic hydroxyl groups excluding tert-OH is 1. The van der Waals surface area contributed by atoms with Crippen LogP contribution in [0.3, 0.4) is 0 Å². The minimum atomic E-state index is -0.226. The van der Waals surface area contributed by atoms with Crippen molar-refractivity contribution in [3.63, 3.8) is 0 Å². The average molecular weight is 927 g/mol. The number of rotatable bonds is 31. The van der Waals surface area contributed by atoms with Gasteiger partial charge in [-0.2, -0.15) is 4.58 Å². The van der Waals surface area contributed by atoms with Crippen LogP contribution in [0, 0.1) is 0 Å². The van der Waals surface area contributed by atoms with Gasteiger partial charge < -0.3 is 65.6 Å².